The van der Waals surface area contributed by atoms with Crippen molar-refractivity contribution >= 4 is 98.1 Å². The zero-order chi connectivity index (χ0) is 46.1. The Hall–Kier alpha value is -4.41. The fourth-order valence-electron chi connectivity index (χ4n) is 7.72. The van der Waals surface area contributed by atoms with Crippen molar-refractivity contribution in [3.63, 3.8) is 0 Å². The molecule has 0 bridgehead atoms. The Labute approximate surface area is 405 Å². The maximum atomic E-state index is 14.6. The number of carbonyl (C=O) groups excluding carboxylic acids is 1. The highest BCUT2D eigenvalue weighted by Crippen LogP contribution is 2.54. The first-order chi connectivity index (χ1) is 30.9. The van der Waals surface area contributed by atoms with Gasteiger partial charge in [-0.3, -0.25) is 0 Å². The molecule has 1 heterocycles. The molecule has 5 aromatic rings. The highest BCUT2D eigenvalue weighted by molar-refractivity contribution is 6.53. The SMILES string of the molecule is CCc1ccc(/C(=C/C2(/C=C(\c3ccc(OC)c(OC)c3)c3ccc(CC)cc3NCCCCl)OC(=O)c3c(Cl)c(Cl)c(Cl)c(Cl)c32)c2ccc(OC)c(OC)c2)c(NCCCCl)c1. The minimum absolute atomic E-state index is 0.00803. The molecule has 0 saturated carbocycles. The van der Waals surface area contributed by atoms with Gasteiger partial charge in [-0.2, -0.15) is 0 Å². The van der Waals surface area contributed by atoms with Crippen molar-refractivity contribution in [1.82, 2.24) is 0 Å². The van der Waals surface area contributed by atoms with E-state index in [0.29, 0.717) is 83.0 Å². The zero-order valence-corrected chi connectivity index (χ0v) is 41.0. The van der Waals surface area contributed by atoms with Gasteiger partial charge in [-0.25, -0.2) is 4.79 Å². The molecule has 0 fully saturated rings. The molecule has 0 aromatic heterocycles. The molecule has 0 amide bonds. The molecule has 14 heteroatoms. The number of fused-ring (bicyclic) bond motifs is 1. The predicted molar refractivity (Wildman–Crippen MR) is 266 cm³/mol. The molecule has 5 aromatic carbocycles. The van der Waals surface area contributed by atoms with E-state index in [1.165, 1.54) is 0 Å². The van der Waals surface area contributed by atoms with E-state index in [1.54, 1.807) is 28.4 Å². The van der Waals surface area contributed by atoms with Gasteiger partial charge in [0, 0.05) is 52.9 Å². The monoisotopic (exact) mass is 984 g/mol. The number of ether oxygens (including phenoxy) is 5. The summed E-state index contributed by atoms with van der Waals surface area (Å²) in [6.45, 7) is 5.38. The molecule has 6 rings (SSSR count). The molecule has 0 radical (unpaired) electrons. The van der Waals surface area contributed by atoms with E-state index < -0.39 is 11.6 Å². The van der Waals surface area contributed by atoms with Crippen molar-refractivity contribution in [2.24, 2.45) is 0 Å². The highest BCUT2D eigenvalue weighted by Gasteiger charge is 2.48. The lowest BCUT2D eigenvalue weighted by molar-refractivity contribution is 0.0300. The Morgan fingerprint density at radius 3 is 1.44 bits per heavy atom. The van der Waals surface area contributed by atoms with Gasteiger partial charge in [-0.1, -0.05) is 96.6 Å². The lowest BCUT2D eigenvalue weighted by Gasteiger charge is -2.28. The number of esters is 1. The predicted octanol–water partition coefficient (Wildman–Crippen LogP) is 14.2. The number of aryl methyl sites for hydroxylation is 2. The molecular weight excluding hydrogens is 937 g/mol. The van der Waals surface area contributed by atoms with Crippen LogP contribution >= 0.6 is 69.6 Å². The number of halogens is 6. The van der Waals surface area contributed by atoms with Crippen LogP contribution in [0.5, 0.6) is 23.0 Å². The summed E-state index contributed by atoms with van der Waals surface area (Å²) in [7, 11) is 6.30. The van der Waals surface area contributed by atoms with Crippen LogP contribution in [-0.4, -0.2) is 59.3 Å². The Morgan fingerprint density at radius 2 is 1.03 bits per heavy atom. The van der Waals surface area contributed by atoms with E-state index in [9.17, 15) is 4.79 Å². The van der Waals surface area contributed by atoms with E-state index in [4.69, 9.17) is 93.3 Å². The Balaban J connectivity index is 1.84. The third-order valence-electron chi connectivity index (χ3n) is 11.0. The third-order valence-corrected chi connectivity index (χ3v) is 13.4. The molecule has 1 aliphatic heterocycles. The number of carbonyl (C=O) groups is 1. The summed E-state index contributed by atoms with van der Waals surface area (Å²) in [6.07, 6.45) is 6.75. The number of rotatable bonds is 20. The first kappa shape index (κ1) is 49.0. The van der Waals surface area contributed by atoms with Gasteiger partial charge in [0.15, 0.2) is 28.6 Å². The van der Waals surface area contributed by atoms with Crippen LogP contribution in [0.25, 0.3) is 11.1 Å². The summed E-state index contributed by atoms with van der Waals surface area (Å²) in [6, 6.07) is 23.7. The van der Waals surface area contributed by atoms with E-state index in [1.807, 2.05) is 60.7 Å². The maximum absolute atomic E-state index is 14.6. The number of methoxy groups -OCH3 is 4. The van der Waals surface area contributed by atoms with Gasteiger partial charge >= 0.3 is 5.97 Å². The van der Waals surface area contributed by atoms with Crippen molar-refractivity contribution < 1.29 is 28.5 Å². The summed E-state index contributed by atoms with van der Waals surface area (Å²) >= 11 is 40.3. The van der Waals surface area contributed by atoms with Gasteiger partial charge in [0.2, 0.25) is 0 Å². The lowest BCUT2D eigenvalue weighted by atomic mass is 9.82. The zero-order valence-electron chi connectivity index (χ0n) is 36.5. The summed E-state index contributed by atoms with van der Waals surface area (Å²) in [4.78, 5) is 14.6. The van der Waals surface area contributed by atoms with Crippen molar-refractivity contribution in [3.05, 3.63) is 150 Å². The van der Waals surface area contributed by atoms with Crippen LogP contribution in [0.15, 0.2) is 84.9 Å². The van der Waals surface area contributed by atoms with E-state index in [2.05, 4.69) is 48.7 Å². The molecule has 8 nitrogen and oxygen atoms in total. The summed E-state index contributed by atoms with van der Waals surface area (Å²) in [5.74, 6) is 2.19. The average molecular weight is 988 g/mol. The minimum atomic E-state index is -1.82. The number of hydrogen-bond donors (Lipinski definition) is 2. The fourth-order valence-corrected chi connectivity index (χ4v) is 9.07. The second kappa shape index (κ2) is 22.2. The second-order valence-electron chi connectivity index (χ2n) is 14.8. The second-order valence-corrected chi connectivity index (χ2v) is 17.1. The third kappa shape index (κ3) is 10.2. The maximum Gasteiger partial charge on any atom is 0.341 e. The number of benzene rings is 5. The van der Waals surface area contributed by atoms with Crippen LogP contribution < -0.4 is 29.6 Å². The smallest absolute Gasteiger partial charge is 0.341 e. The topological polar surface area (TPSA) is 87.3 Å². The molecule has 64 heavy (non-hydrogen) atoms. The van der Waals surface area contributed by atoms with Gasteiger partial charge in [0.05, 0.1) is 54.1 Å². The first-order valence-electron chi connectivity index (χ1n) is 20.8. The number of cyclic esters (lactones) is 1. The van der Waals surface area contributed by atoms with Crippen molar-refractivity contribution in [2.75, 3.05) is 63.9 Å². The van der Waals surface area contributed by atoms with Crippen LogP contribution in [-0.2, 0) is 23.2 Å². The van der Waals surface area contributed by atoms with Crippen LogP contribution in [0.1, 0.15) is 76.0 Å². The Kier molecular flexibility index (Phi) is 17.0. The van der Waals surface area contributed by atoms with Crippen molar-refractivity contribution in [3.8, 4) is 23.0 Å². The molecule has 0 spiro atoms. The molecule has 1 aliphatic rings. The van der Waals surface area contributed by atoms with E-state index in [-0.39, 0.29) is 31.2 Å². The summed E-state index contributed by atoms with van der Waals surface area (Å²) < 4.78 is 29.8. The number of alkyl halides is 2. The molecule has 0 atom stereocenters. The molecule has 2 N–H and O–H groups in total. The normalized spacial score (nSPS) is 14.8. The van der Waals surface area contributed by atoms with Crippen LogP contribution in [0.2, 0.25) is 20.1 Å². The quantitative estimate of drug-likeness (QED) is 0.0262. The van der Waals surface area contributed by atoms with Gasteiger partial charge < -0.3 is 34.3 Å². The Morgan fingerprint density at radius 1 is 0.594 bits per heavy atom. The van der Waals surface area contributed by atoms with Gasteiger partial charge in [0.25, 0.3) is 0 Å². The molecule has 0 saturated heterocycles. The minimum Gasteiger partial charge on any atom is -0.493 e. The van der Waals surface area contributed by atoms with E-state index >= 15 is 0 Å². The number of anilines is 2. The van der Waals surface area contributed by atoms with Gasteiger partial charge in [-0.05, 0) is 108 Å². The van der Waals surface area contributed by atoms with Crippen molar-refractivity contribution in [2.45, 2.75) is 45.1 Å². The standard InChI is InChI=1S/C50H50Cl6N2O6/c1-7-29-11-15-33(37(23-29)57-21-9-19-51)35(31-13-17-39(60-3)41(25-31)62-5)27-50(44-43(49(59)64-50)45(53)47(55)48(56)46(44)54)28-36(32-14-18-40(61-4)42(26-32)63-6)34-16-12-30(8-2)24-38(34)58-22-10-20-52/h11-18,23-28,57-58H,7-10,19-22H2,1-6H3/b35-27+,36-28+. The number of hydrogen-bond acceptors (Lipinski definition) is 8. The van der Waals surface area contributed by atoms with Crippen LogP contribution in [0.4, 0.5) is 11.4 Å². The molecular formula is C50H50Cl6N2O6. The largest absolute Gasteiger partial charge is 0.493 e. The molecule has 0 aliphatic carbocycles. The number of nitrogens with one attached hydrogen (secondary N) is 2. The van der Waals surface area contributed by atoms with Gasteiger partial charge in [-0.15, -0.1) is 23.2 Å². The van der Waals surface area contributed by atoms with Crippen LogP contribution in [0, 0.1) is 0 Å². The summed E-state index contributed by atoms with van der Waals surface area (Å²) in [5.41, 5.74) is 6.47. The fraction of sp³-hybridized carbons (Fsp3) is 0.300. The Bertz CT molecular complexity index is 2450. The van der Waals surface area contributed by atoms with Crippen LogP contribution in [0.3, 0.4) is 0 Å². The molecule has 0 unspecified atom stereocenters. The van der Waals surface area contributed by atoms with E-state index in [0.717, 1.165) is 46.5 Å². The van der Waals surface area contributed by atoms with Gasteiger partial charge in [0.1, 0.15) is 0 Å². The van der Waals surface area contributed by atoms with Crippen molar-refractivity contribution in [1.29, 1.82) is 0 Å². The lowest BCUT2D eigenvalue weighted by Crippen LogP contribution is -2.23. The molecule has 338 valence electrons. The summed E-state index contributed by atoms with van der Waals surface area (Å²) in [5, 5.41) is 7.02. The first-order valence-corrected chi connectivity index (χ1v) is 23.4. The highest BCUT2D eigenvalue weighted by atomic mass is 35.5. The average Bonchev–Trinajstić information content (AvgIpc) is 3.61.